The van der Waals surface area contributed by atoms with Gasteiger partial charge in [0, 0.05) is 26.1 Å². The van der Waals surface area contributed by atoms with Crippen LogP contribution in [0.25, 0.3) is 0 Å². The number of nitrogens with one attached hydrogen (secondary N) is 1. The van der Waals surface area contributed by atoms with Gasteiger partial charge in [0.15, 0.2) is 0 Å². The lowest BCUT2D eigenvalue weighted by Crippen LogP contribution is -2.54. The maximum Gasteiger partial charge on any atom is 0.490 e. The molecule has 4 fully saturated rings. The van der Waals surface area contributed by atoms with Gasteiger partial charge in [0.25, 0.3) is 0 Å². The van der Waals surface area contributed by atoms with Gasteiger partial charge < -0.3 is 20.4 Å². The van der Waals surface area contributed by atoms with Crippen molar-refractivity contribution in [1.29, 1.82) is 0 Å². The van der Waals surface area contributed by atoms with Crippen molar-refractivity contribution >= 4 is 17.8 Å². The van der Waals surface area contributed by atoms with Crippen LogP contribution in [-0.4, -0.2) is 72.4 Å². The van der Waals surface area contributed by atoms with Crippen LogP contribution in [0.1, 0.15) is 78.6 Å². The van der Waals surface area contributed by atoms with E-state index >= 15 is 0 Å². The van der Waals surface area contributed by atoms with Crippen LogP contribution in [0.15, 0.2) is 5.16 Å². The van der Waals surface area contributed by atoms with Crippen molar-refractivity contribution < 1.29 is 37.8 Å². The average Bonchev–Trinajstić information content (AvgIpc) is 3.23. The molecule has 8 atom stereocenters. The zero-order valence-corrected chi connectivity index (χ0v) is 23.9. The highest BCUT2D eigenvalue weighted by Crippen LogP contribution is 2.67. The van der Waals surface area contributed by atoms with Crippen LogP contribution in [0.5, 0.6) is 0 Å². The van der Waals surface area contributed by atoms with E-state index in [4.69, 9.17) is 14.7 Å². The number of alkyl halides is 3. The molecule has 0 aliphatic heterocycles. The van der Waals surface area contributed by atoms with Gasteiger partial charge in [0.1, 0.15) is 0 Å². The standard InChI is InChI=1S/C26H45N3O3.C2HF3O2/c1-17(28-32-24(31)29(5)15-14-27-4)21-8-9-22-20-7-6-18-16-19(30)10-12-25(18,2)23(20)11-13-26(21,22)3;3-2(4,5)1(6)7/h18-23,27,30H,6-16H2,1-5H3;(H,6,7)/b28-17+;/t18?,19-,20-,21+,22-,23-,25-,26+;/m0./s1. The van der Waals surface area contributed by atoms with Gasteiger partial charge in [-0.05, 0) is 106 Å². The predicted molar refractivity (Wildman–Crippen MR) is 141 cm³/mol. The van der Waals surface area contributed by atoms with E-state index in [9.17, 15) is 23.1 Å². The molecule has 4 rings (SSSR count). The summed E-state index contributed by atoms with van der Waals surface area (Å²) in [7, 11) is 3.62. The van der Waals surface area contributed by atoms with Gasteiger partial charge >= 0.3 is 18.2 Å². The van der Waals surface area contributed by atoms with Crippen molar-refractivity contribution in [2.45, 2.75) is 90.8 Å². The highest BCUT2D eigenvalue weighted by atomic mass is 19.4. The fraction of sp³-hybridized carbons (Fsp3) is 0.893. The maximum absolute atomic E-state index is 12.3. The second kappa shape index (κ2) is 12.3. The topological polar surface area (TPSA) is 111 Å². The molecule has 4 aliphatic carbocycles. The molecule has 0 aromatic heterocycles. The number of amides is 1. The van der Waals surface area contributed by atoms with Crippen LogP contribution in [0.2, 0.25) is 0 Å². The summed E-state index contributed by atoms with van der Waals surface area (Å²) in [5, 5.41) is 24.8. The number of nitrogens with zero attached hydrogens (tertiary/aromatic N) is 2. The number of likely N-dealkylation sites (N-methyl/N-ethyl adjacent to an activating group) is 2. The second-order valence-corrected chi connectivity index (χ2v) is 12.7. The monoisotopic (exact) mass is 561 g/mol. The Morgan fingerprint density at radius 1 is 1.05 bits per heavy atom. The number of hydrogen-bond donors (Lipinski definition) is 3. The van der Waals surface area contributed by atoms with E-state index in [2.05, 4.69) is 31.2 Å². The normalized spacial score (nSPS) is 37.9. The van der Waals surface area contributed by atoms with Gasteiger partial charge in [0.05, 0.1) is 11.8 Å². The molecule has 4 saturated carbocycles. The third-order valence-corrected chi connectivity index (χ3v) is 10.7. The quantitative estimate of drug-likeness (QED) is 0.239. The van der Waals surface area contributed by atoms with Crippen LogP contribution < -0.4 is 5.32 Å². The lowest BCUT2D eigenvalue weighted by molar-refractivity contribution is -0.192. The summed E-state index contributed by atoms with van der Waals surface area (Å²) < 4.78 is 31.7. The number of hydrogen-bond acceptors (Lipinski definition) is 6. The van der Waals surface area contributed by atoms with E-state index < -0.39 is 12.1 Å². The summed E-state index contributed by atoms with van der Waals surface area (Å²) in [6, 6.07) is 0. The van der Waals surface area contributed by atoms with Gasteiger partial charge in [-0.3, -0.25) is 4.84 Å². The molecular weight excluding hydrogens is 515 g/mol. The number of carboxylic acid groups (broad SMARTS) is 1. The van der Waals surface area contributed by atoms with Crippen molar-refractivity contribution in [3.05, 3.63) is 0 Å². The lowest BCUT2D eigenvalue weighted by atomic mass is 9.44. The molecule has 3 N–H and O–H groups in total. The Bertz CT molecular complexity index is 915. The number of carbonyl (C=O) groups excluding carboxylic acids is 1. The van der Waals surface area contributed by atoms with Crippen LogP contribution in [0.3, 0.4) is 0 Å². The van der Waals surface area contributed by atoms with Crippen molar-refractivity contribution in [3.8, 4) is 0 Å². The summed E-state index contributed by atoms with van der Waals surface area (Å²) in [6.45, 7) is 8.44. The van der Waals surface area contributed by atoms with Gasteiger partial charge in [-0.2, -0.15) is 13.2 Å². The molecule has 0 spiro atoms. The molecule has 0 aromatic rings. The lowest BCUT2D eigenvalue weighted by Gasteiger charge is -2.61. The van der Waals surface area contributed by atoms with Crippen LogP contribution in [0, 0.1) is 40.4 Å². The van der Waals surface area contributed by atoms with Gasteiger partial charge in [-0.15, -0.1) is 0 Å². The van der Waals surface area contributed by atoms with Gasteiger partial charge in [-0.25, -0.2) is 9.59 Å². The first-order valence-electron chi connectivity index (χ1n) is 14.2. The molecule has 0 aromatic carbocycles. The Morgan fingerprint density at radius 2 is 1.67 bits per heavy atom. The third kappa shape index (κ3) is 6.72. The Hall–Kier alpha value is -1.88. The van der Waals surface area contributed by atoms with Crippen molar-refractivity contribution in [2.24, 2.45) is 45.6 Å². The number of rotatable bonds is 5. The molecule has 0 bridgehead atoms. The summed E-state index contributed by atoms with van der Waals surface area (Å²) in [5.41, 5.74) is 1.67. The van der Waals surface area contributed by atoms with Crippen molar-refractivity contribution in [3.63, 3.8) is 0 Å². The van der Waals surface area contributed by atoms with E-state index in [-0.39, 0.29) is 17.6 Å². The first-order chi connectivity index (χ1) is 18.1. The highest BCUT2D eigenvalue weighted by molar-refractivity contribution is 5.85. The predicted octanol–water partition coefficient (Wildman–Crippen LogP) is 5.30. The molecule has 0 heterocycles. The van der Waals surface area contributed by atoms with Gasteiger partial charge in [0.2, 0.25) is 0 Å². The van der Waals surface area contributed by atoms with E-state index in [0.29, 0.717) is 23.8 Å². The molecule has 39 heavy (non-hydrogen) atoms. The molecule has 1 unspecified atom stereocenters. The molecule has 11 heteroatoms. The van der Waals surface area contributed by atoms with Crippen molar-refractivity contribution in [2.75, 3.05) is 27.2 Å². The Balaban J connectivity index is 0.000000532. The maximum atomic E-state index is 12.3. The molecule has 0 radical (unpaired) electrons. The zero-order valence-electron chi connectivity index (χ0n) is 23.9. The minimum atomic E-state index is -5.08. The van der Waals surface area contributed by atoms with E-state index in [0.717, 1.165) is 49.3 Å². The second-order valence-electron chi connectivity index (χ2n) is 12.7. The largest absolute Gasteiger partial charge is 0.490 e. The number of carbonyl (C=O) groups is 2. The summed E-state index contributed by atoms with van der Waals surface area (Å²) in [5.74, 6) is 0.710. The summed E-state index contributed by atoms with van der Waals surface area (Å²) in [6.07, 6.45) is 5.26. The molecule has 224 valence electrons. The number of carboxylic acids is 1. The summed E-state index contributed by atoms with van der Waals surface area (Å²) >= 11 is 0. The van der Waals surface area contributed by atoms with E-state index in [1.165, 1.54) is 38.5 Å². The highest BCUT2D eigenvalue weighted by Gasteiger charge is 2.60. The fourth-order valence-corrected chi connectivity index (χ4v) is 8.54. The zero-order chi connectivity index (χ0) is 29.2. The Kier molecular flexibility index (Phi) is 10.0. The van der Waals surface area contributed by atoms with Crippen LogP contribution in [0.4, 0.5) is 18.0 Å². The van der Waals surface area contributed by atoms with Crippen LogP contribution >= 0.6 is 0 Å². The molecular formula is C28H46F3N3O5. The third-order valence-electron chi connectivity index (χ3n) is 10.7. The number of aliphatic carboxylic acids is 1. The average molecular weight is 562 g/mol. The minimum Gasteiger partial charge on any atom is -0.475 e. The number of halogens is 3. The number of aliphatic hydroxyl groups is 1. The first kappa shape index (κ1) is 31.6. The number of fused-ring (bicyclic) bond motifs is 5. The molecule has 8 nitrogen and oxygen atoms in total. The SMILES string of the molecule is CNCCN(C)C(=O)O/N=C(\C)[C@H]1CC[C@H]2[C@@H]3CCC4C[C@@H](O)CC[C@]4(C)[C@H]3CC[C@]12C.O=C(O)C(F)(F)F. The van der Waals surface area contributed by atoms with Crippen molar-refractivity contribution in [1.82, 2.24) is 10.2 Å². The minimum absolute atomic E-state index is 0.0757. The summed E-state index contributed by atoms with van der Waals surface area (Å²) in [4.78, 5) is 28.1. The fourth-order valence-electron chi connectivity index (χ4n) is 8.54. The number of aliphatic hydroxyl groups excluding tert-OH is 1. The number of oxime groups is 1. The molecule has 0 saturated heterocycles. The molecule has 1 amide bonds. The first-order valence-corrected chi connectivity index (χ1v) is 14.2. The van der Waals surface area contributed by atoms with E-state index in [1.807, 2.05) is 7.05 Å². The van der Waals surface area contributed by atoms with E-state index in [1.54, 1.807) is 11.9 Å². The van der Waals surface area contributed by atoms with Gasteiger partial charge in [-0.1, -0.05) is 19.0 Å². The Labute approximate surface area is 229 Å². The smallest absolute Gasteiger partial charge is 0.475 e. The molecule has 4 aliphatic rings. The van der Waals surface area contributed by atoms with Crippen LogP contribution in [-0.2, 0) is 9.63 Å². The Morgan fingerprint density at radius 3 is 2.28 bits per heavy atom.